The minimum atomic E-state index is 1.01. The third kappa shape index (κ3) is 18.0. The highest BCUT2D eigenvalue weighted by Gasteiger charge is 1.94. The summed E-state index contributed by atoms with van der Waals surface area (Å²) in [7, 11) is 0. The van der Waals surface area contributed by atoms with Gasteiger partial charge in [-0.25, -0.2) is 0 Å². The summed E-state index contributed by atoms with van der Waals surface area (Å²) in [6, 6.07) is 0. The summed E-state index contributed by atoms with van der Waals surface area (Å²) < 4.78 is 0. The van der Waals surface area contributed by atoms with E-state index in [2.05, 4.69) is 19.2 Å². The Morgan fingerprint density at radius 2 is 0.950 bits per heavy atom. The average Bonchev–Trinajstić information content (AvgIpc) is 2.47. The molecule has 0 bridgehead atoms. The van der Waals surface area contributed by atoms with Crippen LogP contribution >= 0.6 is 0 Å². The van der Waals surface area contributed by atoms with Crippen LogP contribution in [0.25, 0.3) is 0 Å². The topological polar surface area (TPSA) is 12.0 Å². The van der Waals surface area contributed by atoms with Crippen LogP contribution in [-0.4, -0.2) is 13.1 Å². The summed E-state index contributed by atoms with van der Waals surface area (Å²) in [6.45, 7) is 8.39. The van der Waals surface area contributed by atoms with Crippen LogP contribution in [0, 0.1) is 6.92 Å². The fourth-order valence-electron chi connectivity index (χ4n) is 2.69. The minimum absolute atomic E-state index is 1.01. The third-order valence-corrected chi connectivity index (χ3v) is 4.06. The molecule has 0 saturated heterocycles. The minimum Gasteiger partial charge on any atom is -0.317 e. The van der Waals surface area contributed by atoms with Gasteiger partial charge < -0.3 is 5.32 Å². The van der Waals surface area contributed by atoms with Gasteiger partial charge in [-0.3, -0.25) is 0 Å². The number of hydrogen-bond donors (Lipinski definition) is 1. The van der Waals surface area contributed by atoms with E-state index in [1.807, 2.05) is 0 Å². The van der Waals surface area contributed by atoms with Crippen molar-refractivity contribution in [3.8, 4) is 0 Å². The lowest BCUT2D eigenvalue weighted by molar-refractivity contribution is 0.530. The van der Waals surface area contributed by atoms with Crippen LogP contribution in [0.15, 0.2) is 0 Å². The molecule has 1 radical (unpaired) electrons. The van der Waals surface area contributed by atoms with Crippen molar-refractivity contribution in [3.05, 3.63) is 6.92 Å². The summed E-state index contributed by atoms with van der Waals surface area (Å²) in [5.74, 6) is 0. The maximum atomic E-state index is 3.83. The summed E-state index contributed by atoms with van der Waals surface area (Å²) in [6.07, 6.45) is 21.2. The van der Waals surface area contributed by atoms with E-state index in [0.29, 0.717) is 0 Å². The Labute approximate surface area is 129 Å². The molecule has 1 N–H and O–H groups in total. The molecule has 0 saturated carbocycles. The second kappa shape index (κ2) is 19.0. The van der Waals surface area contributed by atoms with Crippen molar-refractivity contribution < 1.29 is 0 Å². The first-order valence-electron chi connectivity index (χ1n) is 9.41. The van der Waals surface area contributed by atoms with Crippen molar-refractivity contribution in [2.24, 2.45) is 0 Å². The lowest BCUT2D eigenvalue weighted by Crippen LogP contribution is -2.15. The zero-order chi connectivity index (χ0) is 14.7. The summed E-state index contributed by atoms with van der Waals surface area (Å²) in [5.41, 5.74) is 0. The van der Waals surface area contributed by atoms with Crippen LogP contribution in [-0.2, 0) is 0 Å². The number of hydrogen-bond acceptors (Lipinski definition) is 1. The predicted octanol–water partition coefficient (Wildman–Crippen LogP) is 6.28. The standard InChI is InChI=1S/C19H40N/c1-3-5-6-7-8-9-10-11-12-13-14-15-16-17-19-20-18-4-2/h20H,2-19H2,1H3. The first-order chi connectivity index (χ1) is 9.91. The molecule has 0 aliphatic rings. The van der Waals surface area contributed by atoms with Gasteiger partial charge in [-0.1, -0.05) is 97.3 Å². The molecule has 1 heteroatoms. The van der Waals surface area contributed by atoms with Crippen molar-refractivity contribution in [1.29, 1.82) is 0 Å². The van der Waals surface area contributed by atoms with Gasteiger partial charge in [-0.05, 0) is 25.9 Å². The summed E-state index contributed by atoms with van der Waals surface area (Å²) in [5, 5.41) is 3.42. The van der Waals surface area contributed by atoms with Gasteiger partial charge in [-0.2, -0.15) is 0 Å². The van der Waals surface area contributed by atoms with Crippen molar-refractivity contribution in [1.82, 2.24) is 5.32 Å². The molecule has 0 unspecified atom stereocenters. The van der Waals surface area contributed by atoms with E-state index >= 15 is 0 Å². The molecule has 20 heavy (non-hydrogen) atoms. The Morgan fingerprint density at radius 3 is 1.35 bits per heavy atom. The number of unbranched alkanes of at least 4 members (excludes halogenated alkanes) is 13. The van der Waals surface area contributed by atoms with E-state index < -0.39 is 0 Å². The Hall–Kier alpha value is -0.0400. The highest BCUT2D eigenvalue weighted by Crippen LogP contribution is 2.12. The van der Waals surface area contributed by atoms with Gasteiger partial charge in [0.2, 0.25) is 0 Å². The Balaban J connectivity index is 2.89. The average molecular weight is 283 g/mol. The molecule has 0 fully saturated rings. The Bertz CT molecular complexity index is 138. The highest BCUT2D eigenvalue weighted by atomic mass is 14.8. The maximum absolute atomic E-state index is 3.83. The van der Waals surface area contributed by atoms with E-state index in [0.717, 1.165) is 13.0 Å². The van der Waals surface area contributed by atoms with Crippen LogP contribution in [0.5, 0.6) is 0 Å². The Morgan fingerprint density at radius 1 is 0.550 bits per heavy atom. The van der Waals surface area contributed by atoms with Gasteiger partial charge in [0.1, 0.15) is 0 Å². The molecule has 0 amide bonds. The monoisotopic (exact) mass is 282 g/mol. The van der Waals surface area contributed by atoms with E-state index in [9.17, 15) is 0 Å². The largest absolute Gasteiger partial charge is 0.317 e. The van der Waals surface area contributed by atoms with Gasteiger partial charge in [0.25, 0.3) is 0 Å². The molecule has 1 nitrogen and oxygen atoms in total. The van der Waals surface area contributed by atoms with Gasteiger partial charge in [-0.15, -0.1) is 0 Å². The van der Waals surface area contributed by atoms with E-state index in [1.54, 1.807) is 0 Å². The second-order valence-electron chi connectivity index (χ2n) is 6.20. The molecular weight excluding hydrogens is 242 g/mol. The van der Waals surface area contributed by atoms with Gasteiger partial charge in [0.05, 0.1) is 0 Å². The van der Waals surface area contributed by atoms with Crippen LogP contribution in [0.4, 0.5) is 0 Å². The van der Waals surface area contributed by atoms with Crippen LogP contribution < -0.4 is 5.32 Å². The first-order valence-corrected chi connectivity index (χ1v) is 9.41. The van der Waals surface area contributed by atoms with Crippen molar-refractivity contribution in [2.45, 2.75) is 103 Å². The molecule has 0 spiro atoms. The molecular formula is C19H40N. The normalized spacial score (nSPS) is 11.1. The molecule has 0 aliphatic carbocycles. The molecule has 121 valence electrons. The molecule has 0 atom stereocenters. The lowest BCUT2D eigenvalue weighted by atomic mass is 10.0. The van der Waals surface area contributed by atoms with Crippen LogP contribution in [0.3, 0.4) is 0 Å². The molecule has 0 aromatic carbocycles. The van der Waals surface area contributed by atoms with Gasteiger partial charge >= 0.3 is 0 Å². The van der Waals surface area contributed by atoms with E-state index in [4.69, 9.17) is 0 Å². The lowest BCUT2D eigenvalue weighted by Gasteiger charge is -2.04. The number of nitrogens with one attached hydrogen (secondary N) is 1. The van der Waals surface area contributed by atoms with Crippen molar-refractivity contribution in [3.63, 3.8) is 0 Å². The van der Waals surface area contributed by atoms with Crippen molar-refractivity contribution in [2.75, 3.05) is 13.1 Å². The molecule has 0 aromatic heterocycles. The second-order valence-corrected chi connectivity index (χ2v) is 6.20. The van der Waals surface area contributed by atoms with E-state index in [1.165, 1.54) is 96.4 Å². The SMILES string of the molecule is [CH2]CCNCCCCCCCCCCCCCCCC. The van der Waals surface area contributed by atoms with Gasteiger partial charge in [0.15, 0.2) is 0 Å². The van der Waals surface area contributed by atoms with Crippen LogP contribution in [0.1, 0.15) is 103 Å². The molecule has 0 rings (SSSR count). The van der Waals surface area contributed by atoms with Gasteiger partial charge in [0, 0.05) is 0 Å². The molecule has 0 aromatic rings. The highest BCUT2D eigenvalue weighted by molar-refractivity contribution is 4.52. The zero-order valence-electron chi connectivity index (χ0n) is 14.2. The summed E-state index contributed by atoms with van der Waals surface area (Å²) >= 11 is 0. The molecule has 0 aliphatic heterocycles. The third-order valence-electron chi connectivity index (χ3n) is 4.06. The fourth-order valence-corrected chi connectivity index (χ4v) is 2.69. The quantitative estimate of drug-likeness (QED) is 0.309. The fraction of sp³-hybridized carbons (Fsp3) is 0.947. The maximum Gasteiger partial charge on any atom is -0.00489 e. The first kappa shape index (κ1) is 20.0. The smallest absolute Gasteiger partial charge is 0.00489 e. The van der Waals surface area contributed by atoms with E-state index in [-0.39, 0.29) is 0 Å². The Kier molecular flexibility index (Phi) is 18.9. The van der Waals surface area contributed by atoms with Crippen molar-refractivity contribution >= 4 is 0 Å². The predicted molar refractivity (Wildman–Crippen MR) is 93.2 cm³/mol. The molecule has 0 heterocycles. The zero-order valence-corrected chi connectivity index (χ0v) is 14.2. The summed E-state index contributed by atoms with van der Waals surface area (Å²) in [4.78, 5) is 0. The number of rotatable bonds is 17. The van der Waals surface area contributed by atoms with Crippen LogP contribution in [0.2, 0.25) is 0 Å².